The molecule has 0 radical (unpaired) electrons. The first-order valence-corrected chi connectivity index (χ1v) is 17.6. The molecule has 0 bridgehead atoms. The fourth-order valence-corrected chi connectivity index (χ4v) is 8.90. The molecule has 0 heteroatoms. The lowest BCUT2D eigenvalue weighted by molar-refractivity contribution is 1.50. The molecule has 0 aromatic heterocycles. The van der Waals surface area contributed by atoms with Gasteiger partial charge in [0.25, 0.3) is 0 Å². The lowest BCUT2D eigenvalue weighted by Gasteiger charge is -2.21. The zero-order chi connectivity index (χ0) is 33.1. The van der Waals surface area contributed by atoms with Crippen molar-refractivity contribution in [1.29, 1.82) is 0 Å². The van der Waals surface area contributed by atoms with Gasteiger partial charge in [-0.15, -0.1) is 0 Å². The maximum Gasteiger partial charge on any atom is -0.000741 e. The predicted molar refractivity (Wildman–Crippen MR) is 216 cm³/mol. The smallest absolute Gasteiger partial charge is 0.000741 e. The summed E-state index contributed by atoms with van der Waals surface area (Å²) in [5, 5.41) is 15.5. The number of benzene rings is 10. The van der Waals surface area contributed by atoms with Crippen molar-refractivity contribution >= 4 is 64.6 Å². The number of fused-ring (bicyclic) bond motifs is 8. The molecule has 0 aliphatic heterocycles. The summed E-state index contributed by atoms with van der Waals surface area (Å²) in [5.74, 6) is 0. The lowest BCUT2D eigenvalue weighted by atomic mass is 9.81. The fourth-order valence-electron chi connectivity index (χ4n) is 8.90. The SMILES string of the molecule is Cc1ccc2c(-c3ccc4cc5ccccc5cc4c3)c3c(c(-c4ccc5cc6ccccc6cc5c4)c2c1)-c1ccc(C)c2cccc-3c12. The van der Waals surface area contributed by atoms with Crippen LogP contribution in [0.25, 0.3) is 109 Å². The van der Waals surface area contributed by atoms with Gasteiger partial charge in [0, 0.05) is 0 Å². The zero-order valence-electron chi connectivity index (χ0n) is 28.0. The minimum Gasteiger partial charge on any atom is -0.0616 e. The highest BCUT2D eigenvalue weighted by Crippen LogP contribution is 2.58. The summed E-state index contributed by atoms with van der Waals surface area (Å²) in [4.78, 5) is 0. The normalized spacial score (nSPS) is 12.2. The molecule has 0 saturated heterocycles. The van der Waals surface area contributed by atoms with Crippen LogP contribution in [0.5, 0.6) is 0 Å². The summed E-state index contributed by atoms with van der Waals surface area (Å²) in [6, 6.07) is 59.6. The standard InChI is InChI=1S/C50H32/c1-29-14-20-42-45(22-29)47(38-19-17-36-24-32-9-4-6-11-34(32)26-40(36)28-38)50-44-21-15-30(2)41-12-7-13-43(48(41)44)49(50)46(42)37-18-16-35-23-31-8-3-5-10-33(31)25-39(35)27-37/h3-28H,1-2H3. The van der Waals surface area contributed by atoms with Crippen molar-refractivity contribution in [2.45, 2.75) is 13.8 Å². The maximum absolute atomic E-state index is 2.42. The Bertz CT molecular complexity index is 3100. The molecular formula is C50H32. The van der Waals surface area contributed by atoms with Crippen LogP contribution in [0.1, 0.15) is 11.1 Å². The molecule has 50 heavy (non-hydrogen) atoms. The molecule has 10 aromatic rings. The third-order valence-corrected chi connectivity index (χ3v) is 11.2. The van der Waals surface area contributed by atoms with E-state index < -0.39 is 0 Å². The average molecular weight is 633 g/mol. The van der Waals surface area contributed by atoms with Gasteiger partial charge in [0.05, 0.1) is 0 Å². The zero-order valence-corrected chi connectivity index (χ0v) is 28.0. The molecule has 0 amide bonds. The van der Waals surface area contributed by atoms with E-state index in [1.165, 1.54) is 120 Å². The van der Waals surface area contributed by atoms with E-state index in [-0.39, 0.29) is 0 Å². The largest absolute Gasteiger partial charge is 0.0616 e. The van der Waals surface area contributed by atoms with Crippen molar-refractivity contribution in [1.82, 2.24) is 0 Å². The molecule has 1 aliphatic carbocycles. The first-order valence-electron chi connectivity index (χ1n) is 17.6. The van der Waals surface area contributed by atoms with Gasteiger partial charge in [-0.05, 0) is 165 Å². The molecule has 0 unspecified atom stereocenters. The van der Waals surface area contributed by atoms with E-state index in [2.05, 4.69) is 172 Å². The van der Waals surface area contributed by atoms with E-state index in [1.54, 1.807) is 0 Å². The Kier molecular flexibility index (Phi) is 5.61. The maximum atomic E-state index is 2.42. The highest BCUT2D eigenvalue weighted by molar-refractivity contribution is 6.28. The molecule has 0 nitrogen and oxygen atoms in total. The minimum atomic E-state index is 1.26. The van der Waals surface area contributed by atoms with Crippen LogP contribution in [-0.2, 0) is 0 Å². The Labute approximate surface area is 290 Å². The molecule has 0 heterocycles. The summed E-state index contributed by atoms with van der Waals surface area (Å²) in [6.45, 7) is 4.47. The van der Waals surface area contributed by atoms with Gasteiger partial charge in [-0.25, -0.2) is 0 Å². The van der Waals surface area contributed by atoms with E-state index in [0.29, 0.717) is 0 Å². The van der Waals surface area contributed by atoms with Gasteiger partial charge in [-0.2, -0.15) is 0 Å². The van der Waals surface area contributed by atoms with Crippen LogP contribution in [0.3, 0.4) is 0 Å². The van der Waals surface area contributed by atoms with E-state index >= 15 is 0 Å². The van der Waals surface area contributed by atoms with Crippen molar-refractivity contribution in [2.24, 2.45) is 0 Å². The highest BCUT2D eigenvalue weighted by Gasteiger charge is 2.31. The van der Waals surface area contributed by atoms with Gasteiger partial charge in [0.2, 0.25) is 0 Å². The molecule has 0 saturated carbocycles. The van der Waals surface area contributed by atoms with E-state index in [1.807, 2.05) is 0 Å². The van der Waals surface area contributed by atoms with Crippen molar-refractivity contribution in [3.8, 4) is 44.5 Å². The average Bonchev–Trinajstić information content (AvgIpc) is 3.47. The summed E-state index contributed by atoms with van der Waals surface area (Å²) in [6.07, 6.45) is 0. The summed E-state index contributed by atoms with van der Waals surface area (Å²) in [7, 11) is 0. The minimum absolute atomic E-state index is 1.26. The summed E-state index contributed by atoms with van der Waals surface area (Å²) in [5.41, 5.74) is 13.1. The van der Waals surface area contributed by atoms with Crippen LogP contribution < -0.4 is 0 Å². The second kappa shape index (κ2) is 10.1. The number of hydrogen-bond donors (Lipinski definition) is 0. The van der Waals surface area contributed by atoms with Crippen LogP contribution in [0, 0.1) is 13.8 Å². The first kappa shape index (κ1) is 27.7. The second-order valence-corrected chi connectivity index (χ2v) is 14.2. The molecular weight excluding hydrogens is 601 g/mol. The van der Waals surface area contributed by atoms with Crippen LogP contribution in [0.4, 0.5) is 0 Å². The molecule has 11 rings (SSSR count). The molecule has 0 fully saturated rings. The Balaban J connectivity index is 1.29. The third-order valence-electron chi connectivity index (χ3n) is 11.2. The van der Waals surface area contributed by atoms with Crippen molar-refractivity contribution in [2.75, 3.05) is 0 Å². The number of aryl methyl sites for hydroxylation is 2. The van der Waals surface area contributed by atoms with Crippen LogP contribution in [-0.4, -0.2) is 0 Å². The van der Waals surface area contributed by atoms with E-state index in [4.69, 9.17) is 0 Å². The summed E-state index contributed by atoms with van der Waals surface area (Å²) >= 11 is 0. The van der Waals surface area contributed by atoms with Gasteiger partial charge in [0.15, 0.2) is 0 Å². The van der Waals surface area contributed by atoms with Gasteiger partial charge in [-0.3, -0.25) is 0 Å². The number of hydrogen-bond acceptors (Lipinski definition) is 0. The van der Waals surface area contributed by atoms with E-state index in [9.17, 15) is 0 Å². The molecule has 232 valence electrons. The molecule has 10 aromatic carbocycles. The number of rotatable bonds is 2. The summed E-state index contributed by atoms with van der Waals surface area (Å²) < 4.78 is 0. The fraction of sp³-hybridized carbons (Fsp3) is 0.0400. The molecule has 0 N–H and O–H groups in total. The first-order chi connectivity index (χ1) is 24.6. The topological polar surface area (TPSA) is 0 Å². The molecule has 0 spiro atoms. The van der Waals surface area contributed by atoms with Crippen molar-refractivity contribution < 1.29 is 0 Å². The van der Waals surface area contributed by atoms with Crippen molar-refractivity contribution in [3.05, 3.63) is 169 Å². The van der Waals surface area contributed by atoms with Crippen LogP contribution in [0.2, 0.25) is 0 Å². The van der Waals surface area contributed by atoms with Gasteiger partial charge in [0.1, 0.15) is 0 Å². The Hall–Kier alpha value is -6.24. The Morgan fingerprint density at radius 1 is 0.300 bits per heavy atom. The highest BCUT2D eigenvalue weighted by atomic mass is 14.3. The Morgan fingerprint density at radius 2 is 0.820 bits per heavy atom. The lowest BCUT2D eigenvalue weighted by Crippen LogP contribution is -1.94. The second-order valence-electron chi connectivity index (χ2n) is 14.2. The van der Waals surface area contributed by atoms with Gasteiger partial charge < -0.3 is 0 Å². The quantitative estimate of drug-likeness (QED) is 0.166. The van der Waals surface area contributed by atoms with Gasteiger partial charge >= 0.3 is 0 Å². The molecule has 0 atom stereocenters. The van der Waals surface area contributed by atoms with E-state index in [0.717, 1.165) is 0 Å². The Morgan fingerprint density at radius 3 is 1.42 bits per heavy atom. The monoisotopic (exact) mass is 632 g/mol. The van der Waals surface area contributed by atoms with Crippen LogP contribution >= 0.6 is 0 Å². The van der Waals surface area contributed by atoms with Crippen molar-refractivity contribution in [3.63, 3.8) is 0 Å². The van der Waals surface area contributed by atoms with Crippen LogP contribution in [0.15, 0.2) is 158 Å². The molecule has 1 aliphatic rings. The van der Waals surface area contributed by atoms with Gasteiger partial charge in [-0.1, -0.05) is 127 Å². The predicted octanol–water partition coefficient (Wildman–Crippen LogP) is 14.2. The third kappa shape index (κ3) is 3.88.